The number of halogens is 3. The van der Waals surface area contributed by atoms with Crippen LogP contribution in [0.15, 0.2) is 22.7 Å². The second-order valence-corrected chi connectivity index (χ2v) is 7.02. The zero-order chi connectivity index (χ0) is 14.2. The van der Waals surface area contributed by atoms with Crippen molar-refractivity contribution in [1.29, 1.82) is 0 Å². The maximum Gasteiger partial charge on any atom is 0.258 e. The standard InChI is InChI=1S/C12H9BrCl2N2OS/c1-5-2-7(13)9(4-8(5)16)17-12(18)6-3-10(14)19-11(6)15/h2-4H,16H2,1H3,(H,17,18). The van der Waals surface area contributed by atoms with Gasteiger partial charge in [-0.3, -0.25) is 4.79 Å². The summed E-state index contributed by atoms with van der Waals surface area (Å²) in [5, 5.41) is 2.75. The summed E-state index contributed by atoms with van der Waals surface area (Å²) in [4.78, 5) is 12.1. The molecule has 7 heteroatoms. The summed E-state index contributed by atoms with van der Waals surface area (Å²) in [6.07, 6.45) is 0. The van der Waals surface area contributed by atoms with E-state index >= 15 is 0 Å². The van der Waals surface area contributed by atoms with E-state index in [-0.39, 0.29) is 5.91 Å². The van der Waals surface area contributed by atoms with Gasteiger partial charge < -0.3 is 11.1 Å². The fraction of sp³-hybridized carbons (Fsp3) is 0.0833. The minimum absolute atomic E-state index is 0.322. The first-order valence-electron chi connectivity index (χ1n) is 5.20. The number of aryl methyl sites for hydroxylation is 1. The number of thiophene rings is 1. The van der Waals surface area contributed by atoms with Crippen LogP contribution in [0, 0.1) is 6.92 Å². The summed E-state index contributed by atoms with van der Waals surface area (Å²) in [7, 11) is 0. The molecule has 0 saturated carbocycles. The van der Waals surface area contributed by atoms with Crippen molar-refractivity contribution in [2.75, 3.05) is 11.1 Å². The molecule has 0 saturated heterocycles. The van der Waals surface area contributed by atoms with Crippen molar-refractivity contribution in [3.05, 3.63) is 42.5 Å². The molecular weight excluding hydrogens is 371 g/mol. The van der Waals surface area contributed by atoms with Crippen LogP contribution in [0.25, 0.3) is 0 Å². The van der Waals surface area contributed by atoms with Gasteiger partial charge in [-0.05, 0) is 46.6 Å². The Morgan fingerprint density at radius 2 is 2.05 bits per heavy atom. The molecule has 2 aromatic rings. The maximum absolute atomic E-state index is 12.1. The Bertz CT molecular complexity index is 657. The van der Waals surface area contributed by atoms with Crippen LogP contribution >= 0.6 is 50.5 Å². The predicted octanol–water partition coefficient (Wildman–Crippen LogP) is 4.96. The molecule has 0 atom stereocenters. The van der Waals surface area contributed by atoms with Gasteiger partial charge in [-0.2, -0.15) is 0 Å². The van der Waals surface area contributed by atoms with Crippen LogP contribution < -0.4 is 11.1 Å². The zero-order valence-corrected chi connectivity index (χ0v) is 13.7. The zero-order valence-electron chi connectivity index (χ0n) is 9.76. The van der Waals surface area contributed by atoms with Crippen LogP contribution in [-0.4, -0.2) is 5.91 Å². The van der Waals surface area contributed by atoms with E-state index in [9.17, 15) is 4.79 Å². The first kappa shape index (κ1) is 14.7. The van der Waals surface area contributed by atoms with Crippen LogP contribution in [0.4, 0.5) is 11.4 Å². The molecule has 19 heavy (non-hydrogen) atoms. The Morgan fingerprint density at radius 3 is 2.63 bits per heavy atom. The van der Waals surface area contributed by atoms with E-state index in [1.165, 1.54) is 6.07 Å². The van der Waals surface area contributed by atoms with Gasteiger partial charge in [-0.1, -0.05) is 23.2 Å². The van der Waals surface area contributed by atoms with E-state index in [0.29, 0.717) is 25.6 Å². The third-order valence-electron chi connectivity index (χ3n) is 2.51. The van der Waals surface area contributed by atoms with E-state index in [4.69, 9.17) is 28.9 Å². The monoisotopic (exact) mass is 378 g/mol. The van der Waals surface area contributed by atoms with Crippen molar-refractivity contribution < 1.29 is 4.79 Å². The molecule has 3 N–H and O–H groups in total. The SMILES string of the molecule is Cc1cc(Br)c(NC(=O)c2cc(Cl)sc2Cl)cc1N. The van der Waals surface area contributed by atoms with Crippen LogP contribution in [0.1, 0.15) is 15.9 Å². The minimum Gasteiger partial charge on any atom is -0.398 e. The normalized spacial score (nSPS) is 10.5. The molecular formula is C12H9BrCl2N2OS. The lowest BCUT2D eigenvalue weighted by molar-refractivity contribution is 0.102. The van der Waals surface area contributed by atoms with Crippen molar-refractivity contribution in [1.82, 2.24) is 0 Å². The highest BCUT2D eigenvalue weighted by molar-refractivity contribution is 9.10. The fourth-order valence-electron chi connectivity index (χ4n) is 1.47. The first-order chi connectivity index (χ1) is 8.88. The van der Waals surface area contributed by atoms with Crippen molar-refractivity contribution >= 4 is 67.8 Å². The number of carbonyl (C=O) groups is 1. The third-order valence-corrected chi connectivity index (χ3v) is 4.65. The molecule has 100 valence electrons. The van der Waals surface area contributed by atoms with E-state index in [0.717, 1.165) is 21.4 Å². The lowest BCUT2D eigenvalue weighted by Gasteiger charge is -2.09. The number of amides is 1. The molecule has 2 rings (SSSR count). The fourth-order valence-corrected chi connectivity index (χ4v) is 3.49. The second-order valence-electron chi connectivity index (χ2n) is 3.88. The van der Waals surface area contributed by atoms with Crippen molar-refractivity contribution in [3.8, 4) is 0 Å². The number of rotatable bonds is 2. The summed E-state index contributed by atoms with van der Waals surface area (Å²) in [6.45, 7) is 1.89. The van der Waals surface area contributed by atoms with E-state index in [1.807, 2.05) is 13.0 Å². The van der Waals surface area contributed by atoms with Crippen molar-refractivity contribution in [2.24, 2.45) is 0 Å². The molecule has 0 aliphatic carbocycles. The molecule has 0 fully saturated rings. The van der Waals surface area contributed by atoms with Gasteiger partial charge in [-0.25, -0.2) is 0 Å². The first-order valence-corrected chi connectivity index (χ1v) is 7.57. The van der Waals surface area contributed by atoms with Gasteiger partial charge in [0.25, 0.3) is 5.91 Å². The van der Waals surface area contributed by atoms with Gasteiger partial charge in [0.1, 0.15) is 4.34 Å². The van der Waals surface area contributed by atoms with Gasteiger partial charge in [0, 0.05) is 10.2 Å². The summed E-state index contributed by atoms with van der Waals surface area (Å²) in [5.74, 6) is -0.322. The number of carbonyl (C=O) groups excluding carboxylic acids is 1. The molecule has 3 nitrogen and oxygen atoms in total. The summed E-state index contributed by atoms with van der Waals surface area (Å²) in [5.41, 5.74) is 8.30. The highest BCUT2D eigenvalue weighted by Crippen LogP contribution is 2.33. The molecule has 0 aliphatic heterocycles. The molecule has 0 spiro atoms. The lowest BCUT2D eigenvalue weighted by atomic mass is 10.2. The lowest BCUT2D eigenvalue weighted by Crippen LogP contribution is -2.12. The quantitative estimate of drug-likeness (QED) is 0.724. The summed E-state index contributed by atoms with van der Waals surface area (Å²) >= 11 is 16.3. The number of benzene rings is 1. The molecule has 1 aromatic carbocycles. The van der Waals surface area contributed by atoms with Gasteiger partial charge in [0.15, 0.2) is 0 Å². The number of hydrogen-bond donors (Lipinski definition) is 2. The molecule has 1 aromatic heterocycles. The van der Waals surface area contributed by atoms with Gasteiger partial charge in [-0.15, -0.1) is 11.3 Å². The van der Waals surface area contributed by atoms with E-state index < -0.39 is 0 Å². The third kappa shape index (κ3) is 3.23. The summed E-state index contributed by atoms with van der Waals surface area (Å²) < 4.78 is 1.58. The highest BCUT2D eigenvalue weighted by atomic mass is 79.9. The van der Waals surface area contributed by atoms with Crippen LogP contribution in [0.3, 0.4) is 0 Å². The predicted molar refractivity (Wildman–Crippen MR) is 85.6 cm³/mol. The topological polar surface area (TPSA) is 55.1 Å². The van der Waals surface area contributed by atoms with Gasteiger partial charge in [0.2, 0.25) is 0 Å². The Kier molecular flexibility index (Phi) is 4.40. The number of nitrogens with two attached hydrogens (primary N) is 1. The Morgan fingerprint density at radius 1 is 1.37 bits per heavy atom. The van der Waals surface area contributed by atoms with Crippen LogP contribution in [0.5, 0.6) is 0 Å². The van der Waals surface area contributed by atoms with Crippen molar-refractivity contribution in [2.45, 2.75) is 6.92 Å². The molecule has 0 radical (unpaired) electrons. The number of nitrogens with one attached hydrogen (secondary N) is 1. The Labute approximate surface area is 132 Å². The average Bonchev–Trinajstić information content (AvgIpc) is 2.65. The molecule has 1 heterocycles. The molecule has 0 aliphatic rings. The van der Waals surface area contributed by atoms with E-state index in [1.54, 1.807) is 6.07 Å². The van der Waals surface area contributed by atoms with Crippen LogP contribution in [-0.2, 0) is 0 Å². The summed E-state index contributed by atoms with van der Waals surface area (Å²) in [6, 6.07) is 5.07. The van der Waals surface area contributed by atoms with Gasteiger partial charge in [0.05, 0.1) is 15.6 Å². The highest BCUT2D eigenvalue weighted by Gasteiger charge is 2.15. The largest absolute Gasteiger partial charge is 0.398 e. The molecule has 0 unspecified atom stereocenters. The smallest absolute Gasteiger partial charge is 0.258 e. The average molecular weight is 380 g/mol. The van der Waals surface area contributed by atoms with Gasteiger partial charge >= 0.3 is 0 Å². The molecule has 1 amide bonds. The number of hydrogen-bond acceptors (Lipinski definition) is 3. The van der Waals surface area contributed by atoms with Crippen molar-refractivity contribution in [3.63, 3.8) is 0 Å². The van der Waals surface area contributed by atoms with Crippen LogP contribution in [0.2, 0.25) is 8.67 Å². The number of nitrogen functional groups attached to an aromatic ring is 1. The Hall–Kier alpha value is -0.750. The second kappa shape index (κ2) is 5.71. The number of anilines is 2. The van der Waals surface area contributed by atoms with E-state index in [2.05, 4.69) is 21.2 Å². The Balaban J connectivity index is 2.29. The maximum atomic E-state index is 12.1. The molecule has 0 bridgehead atoms. The minimum atomic E-state index is -0.322.